The van der Waals surface area contributed by atoms with E-state index in [0.29, 0.717) is 16.5 Å². The number of non-ortho nitro benzene ring substituents is 1. The van der Waals surface area contributed by atoms with Crippen molar-refractivity contribution in [2.75, 3.05) is 0 Å². The first-order valence-electron chi connectivity index (χ1n) is 8.84. The molecule has 0 bridgehead atoms. The Morgan fingerprint density at radius 1 is 1.03 bits per heavy atom. The van der Waals surface area contributed by atoms with Crippen LogP contribution >= 0.6 is 11.6 Å². The number of rotatable bonds is 4. The molecule has 0 aliphatic carbocycles. The molecule has 30 heavy (non-hydrogen) atoms. The van der Waals surface area contributed by atoms with Gasteiger partial charge < -0.3 is 0 Å². The van der Waals surface area contributed by atoms with Gasteiger partial charge in [-0.25, -0.2) is 9.37 Å². The molecule has 0 amide bonds. The maximum absolute atomic E-state index is 13.5. The van der Waals surface area contributed by atoms with Crippen LogP contribution in [0, 0.1) is 15.9 Å². The largest absolute Gasteiger partial charge is 0.270 e. The summed E-state index contributed by atoms with van der Waals surface area (Å²) in [6, 6.07) is 16.6. The SMILES string of the molecule is O=c1c2ccccc2nc(C=Cc2cccc([N+](=O)[O-])c2)n1-c1ccc(F)cc1Cl. The zero-order valence-electron chi connectivity index (χ0n) is 15.3. The van der Waals surface area contributed by atoms with Crippen LogP contribution in [0.4, 0.5) is 10.1 Å². The second kappa shape index (κ2) is 7.88. The Labute approximate surface area is 174 Å². The number of halogens is 2. The first kappa shape index (κ1) is 19.5. The van der Waals surface area contributed by atoms with E-state index in [2.05, 4.69) is 4.98 Å². The van der Waals surface area contributed by atoms with Crippen LogP contribution in [0.5, 0.6) is 0 Å². The zero-order chi connectivity index (χ0) is 21.3. The van der Waals surface area contributed by atoms with E-state index in [1.165, 1.54) is 28.8 Å². The average Bonchev–Trinajstić information content (AvgIpc) is 2.73. The van der Waals surface area contributed by atoms with Crippen LogP contribution in [0.3, 0.4) is 0 Å². The molecular formula is C22H13ClFN3O3. The molecule has 148 valence electrons. The predicted molar refractivity (Wildman–Crippen MR) is 114 cm³/mol. The van der Waals surface area contributed by atoms with Gasteiger partial charge in [0.1, 0.15) is 11.6 Å². The lowest BCUT2D eigenvalue weighted by atomic mass is 10.2. The zero-order valence-corrected chi connectivity index (χ0v) is 16.1. The topological polar surface area (TPSA) is 78.0 Å². The summed E-state index contributed by atoms with van der Waals surface area (Å²) in [5.74, 6) is -0.280. The van der Waals surface area contributed by atoms with Gasteiger partial charge in [0, 0.05) is 12.1 Å². The maximum atomic E-state index is 13.5. The minimum absolute atomic E-state index is 0.0532. The number of nitro groups is 1. The van der Waals surface area contributed by atoms with Crippen LogP contribution in [0.1, 0.15) is 11.4 Å². The Morgan fingerprint density at radius 3 is 2.60 bits per heavy atom. The van der Waals surface area contributed by atoms with Crippen molar-refractivity contribution in [1.29, 1.82) is 0 Å². The summed E-state index contributed by atoms with van der Waals surface area (Å²) in [7, 11) is 0. The molecule has 0 fully saturated rings. The molecular weight excluding hydrogens is 409 g/mol. The van der Waals surface area contributed by atoms with Gasteiger partial charge >= 0.3 is 0 Å². The van der Waals surface area contributed by atoms with E-state index in [0.717, 1.165) is 6.07 Å². The van der Waals surface area contributed by atoms with E-state index in [1.807, 2.05) is 0 Å². The number of nitrogens with zero attached hydrogens (tertiary/aromatic N) is 3. The Bertz CT molecular complexity index is 1380. The molecule has 4 aromatic rings. The van der Waals surface area contributed by atoms with E-state index in [-0.39, 0.29) is 27.8 Å². The summed E-state index contributed by atoms with van der Waals surface area (Å²) >= 11 is 6.21. The third-order valence-corrected chi connectivity index (χ3v) is 4.76. The lowest BCUT2D eigenvalue weighted by Crippen LogP contribution is -2.22. The quantitative estimate of drug-likeness (QED) is 0.333. The van der Waals surface area contributed by atoms with Crippen LogP contribution in [-0.2, 0) is 0 Å². The van der Waals surface area contributed by atoms with Crippen molar-refractivity contribution in [2.45, 2.75) is 0 Å². The molecule has 0 atom stereocenters. The number of para-hydroxylation sites is 1. The van der Waals surface area contributed by atoms with Crippen LogP contribution in [0.2, 0.25) is 5.02 Å². The minimum Gasteiger partial charge on any atom is -0.268 e. The normalized spacial score (nSPS) is 11.3. The van der Waals surface area contributed by atoms with Gasteiger partial charge in [-0.3, -0.25) is 19.5 Å². The summed E-state index contributed by atoms with van der Waals surface area (Å²) in [4.78, 5) is 28.2. The Morgan fingerprint density at radius 2 is 1.83 bits per heavy atom. The summed E-state index contributed by atoms with van der Waals surface area (Å²) in [6.45, 7) is 0. The molecule has 0 unspecified atom stereocenters. The molecule has 0 radical (unpaired) electrons. The molecule has 0 saturated carbocycles. The van der Waals surface area contributed by atoms with Crippen LogP contribution in [-0.4, -0.2) is 14.5 Å². The van der Waals surface area contributed by atoms with E-state index >= 15 is 0 Å². The number of aromatic nitrogens is 2. The van der Waals surface area contributed by atoms with Crippen LogP contribution in [0.15, 0.2) is 71.5 Å². The third-order valence-electron chi connectivity index (χ3n) is 4.46. The number of fused-ring (bicyclic) bond motifs is 1. The van der Waals surface area contributed by atoms with Gasteiger partial charge in [0.15, 0.2) is 0 Å². The molecule has 0 aliphatic heterocycles. The van der Waals surface area contributed by atoms with Gasteiger partial charge in [0.05, 0.1) is 26.5 Å². The lowest BCUT2D eigenvalue weighted by molar-refractivity contribution is -0.384. The predicted octanol–water partition coefficient (Wildman–Crippen LogP) is 5.26. The first-order valence-corrected chi connectivity index (χ1v) is 9.21. The van der Waals surface area contributed by atoms with Crippen molar-refractivity contribution in [3.63, 3.8) is 0 Å². The minimum atomic E-state index is -0.528. The van der Waals surface area contributed by atoms with Crippen molar-refractivity contribution in [3.05, 3.63) is 109 Å². The van der Waals surface area contributed by atoms with E-state index in [9.17, 15) is 19.3 Å². The highest BCUT2D eigenvalue weighted by Crippen LogP contribution is 2.23. The van der Waals surface area contributed by atoms with Gasteiger partial charge in [-0.2, -0.15) is 0 Å². The highest BCUT2D eigenvalue weighted by Gasteiger charge is 2.14. The molecule has 1 heterocycles. The molecule has 0 aliphatic rings. The van der Waals surface area contributed by atoms with Crippen molar-refractivity contribution in [2.24, 2.45) is 0 Å². The number of benzene rings is 3. The standard InChI is InChI=1S/C22H13ClFN3O3/c23-18-13-15(24)9-10-20(18)26-21(25-19-7-2-1-6-17(19)22(26)28)11-8-14-4-3-5-16(12-14)27(29)30/h1-13H. The van der Waals surface area contributed by atoms with Crippen LogP contribution in [0.25, 0.3) is 28.7 Å². The van der Waals surface area contributed by atoms with Crippen molar-refractivity contribution >= 4 is 40.3 Å². The van der Waals surface area contributed by atoms with Gasteiger partial charge in [-0.05, 0) is 42.0 Å². The van der Waals surface area contributed by atoms with Gasteiger partial charge in [0.2, 0.25) is 0 Å². The second-order valence-corrected chi connectivity index (χ2v) is 6.82. The smallest absolute Gasteiger partial charge is 0.268 e. The monoisotopic (exact) mass is 421 g/mol. The molecule has 0 saturated heterocycles. The van der Waals surface area contributed by atoms with E-state index in [4.69, 9.17) is 11.6 Å². The molecule has 6 nitrogen and oxygen atoms in total. The second-order valence-electron chi connectivity index (χ2n) is 6.41. The number of hydrogen-bond acceptors (Lipinski definition) is 4. The average molecular weight is 422 g/mol. The van der Waals surface area contributed by atoms with Gasteiger partial charge in [-0.1, -0.05) is 41.9 Å². The Kier molecular flexibility index (Phi) is 5.12. The number of nitro benzene ring substituents is 1. The first-order chi connectivity index (χ1) is 14.4. The summed E-state index contributed by atoms with van der Waals surface area (Å²) in [5.41, 5.74) is 0.898. The fourth-order valence-electron chi connectivity index (χ4n) is 3.07. The highest BCUT2D eigenvalue weighted by molar-refractivity contribution is 6.32. The van der Waals surface area contributed by atoms with E-state index < -0.39 is 10.7 Å². The van der Waals surface area contributed by atoms with Crippen molar-refractivity contribution in [3.8, 4) is 5.69 Å². The summed E-state index contributed by atoms with van der Waals surface area (Å²) in [5, 5.41) is 11.4. The molecule has 0 N–H and O–H groups in total. The molecule has 1 aromatic heterocycles. The third kappa shape index (κ3) is 3.70. The summed E-state index contributed by atoms with van der Waals surface area (Å²) in [6.07, 6.45) is 3.17. The van der Waals surface area contributed by atoms with Crippen molar-refractivity contribution in [1.82, 2.24) is 9.55 Å². The van der Waals surface area contributed by atoms with Gasteiger partial charge in [-0.15, -0.1) is 0 Å². The summed E-state index contributed by atoms with van der Waals surface area (Å²) < 4.78 is 14.8. The fraction of sp³-hybridized carbons (Fsp3) is 0. The maximum Gasteiger partial charge on any atom is 0.270 e. The molecule has 8 heteroatoms. The van der Waals surface area contributed by atoms with Gasteiger partial charge in [0.25, 0.3) is 11.2 Å². The Balaban J connectivity index is 1.93. The number of hydrogen-bond donors (Lipinski definition) is 0. The van der Waals surface area contributed by atoms with Crippen molar-refractivity contribution < 1.29 is 9.31 Å². The Hall–Kier alpha value is -3.84. The van der Waals surface area contributed by atoms with Crippen LogP contribution < -0.4 is 5.56 Å². The molecule has 3 aromatic carbocycles. The molecule has 0 spiro atoms. The highest BCUT2D eigenvalue weighted by atomic mass is 35.5. The fourth-order valence-corrected chi connectivity index (χ4v) is 3.32. The lowest BCUT2D eigenvalue weighted by Gasteiger charge is -2.13. The molecule has 4 rings (SSSR count). The van der Waals surface area contributed by atoms with E-state index in [1.54, 1.807) is 48.6 Å².